The third-order valence-corrected chi connectivity index (χ3v) is 7.55. The molecule has 5 heteroatoms. The Bertz CT molecular complexity index is 1050. The van der Waals surface area contributed by atoms with Crippen LogP contribution in [0.15, 0.2) is 54.3 Å². The van der Waals surface area contributed by atoms with Crippen LogP contribution in [0.1, 0.15) is 74.0 Å². The Kier molecular flexibility index (Phi) is 7.85. The standard InChI is InChI=1S/C30H37NO4/c32-17-8-9-18-34-29-21-23(20-28(35-29)30(33)31-15-6-2-1-3-7-16-31)25-13-10-14-26-24-12-5-4-11-22(24)19-27(25)26/h4-5,10-14,20,23,29,32H,1-3,6-9,15-19,21H2/t23-,29+/m1/s1. The van der Waals surface area contributed by atoms with E-state index in [1.807, 2.05) is 11.0 Å². The zero-order valence-corrected chi connectivity index (χ0v) is 20.6. The molecule has 2 aromatic carbocycles. The first-order chi connectivity index (χ1) is 17.2. The van der Waals surface area contributed by atoms with Crippen molar-refractivity contribution >= 4 is 5.91 Å². The van der Waals surface area contributed by atoms with Crippen molar-refractivity contribution in [1.29, 1.82) is 0 Å². The lowest BCUT2D eigenvalue weighted by atomic mass is 9.87. The summed E-state index contributed by atoms with van der Waals surface area (Å²) in [5, 5.41) is 9.11. The van der Waals surface area contributed by atoms with Crippen LogP contribution in [0.3, 0.4) is 0 Å². The van der Waals surface area contributed by atoms with E-state index in [0.717, 1.165) is 38.8 Å². The average molecular weight is 476 g/mol. The molecule has 5 rings (SSSR count). The molecule has 1 N–H and O–H groups in total. The van der Waals surface area contributed by atoms with Gasteiger partial charge >= 0.3 is 0 Å². The van der Waals surface area contributed by atoms with Gasteiger partial charge in [-0.3, -0.25) is 4.79 Å². The van der Waals surface area contributed by atoms with Gasteiger partial charge in [0.1, 0.15) is 0 Å². The molecule has 0 saturated carbocycles. The summed E-state index contributed by atoms with van der Waals surface area (Å²) in [6, 6.07) is 15.2. The number of allylic oxidation sites excluding steroid dienone is 1. The average Bonchev–Trinajstić information content (AvgIpc) is 3.25. The zero-order valence-electron chi connectivity index (χ0n) is 20.6. The molecule has 0 radical (unpaired) electrons. The molecular formula is C30H37NO4. The van der Waals surface area contributed by atoms with Gasteiger partial charge in [0.2, 0.25) is 6.29 Å². The van der Waals surface area contributed by atoms with Crippen LogP contribution in [0.25, 0.3) is 11.1 Å². The van der Waals surface area contributed by atoms with E-state index in [1.165, 1.54) is 47.1 Å². The molecule has 3 aliphatic rings. The lowest BCUT2D eigenvalue weighted by molar-refractivity contribution is -0.153. The summed E-state index contributed by atoms with van der Waals surface area (Å²) in [6.45, 7) is 2.26. The number of hydrogen-bond donors (Lipinski definition) is 1. The van der Waals surface area contributed by atoms with E-state index in [0.29, 0.717) is 25.2 Å². The van der Waals surface area contributed by atoms with E-state index >= 15 is 0 Å². The van der Waals surface area contributed by atoms with Gasteiger partial charge in [0.25, 0.3) is 5.91 Å². The van der Waals surface area contributed by atoms with Gasteiger partial charge < -0.3 is 19.5 Å². The number of unbranched alkanes of at least 4 members (excludes halogenated alkanes) is 1. The summed E-state index contributed by atoms with van der Waals surface area (Å²) in [7, 11) is 0. The van der Waals surface area contributed by atoms with Gasteiger partial charge in [0.05, 0.1) is 6.61 Å². The number of ether oxygens (including phenoxy) is 2. The molecule has 0 unspecified atom stereocenters. The smallest absolute Gasteiger partial charge is 0.288 e. The number of rotatable bonds is 7. The molecule has 2 aliphatic heterocycles. The van der Waals surface area contributed by atoms with E-state index in [1.54, 1.807) is 0 Å². The molecule has 1 amide bonds. The summed E-state index contributed by atoms with van der Waals surface area (Å²) in [4.78, 5) is 15.5. The van der Waals surface area contributed by atoms with Crippen LogP contribution in [-0.4, -0.2) is 48.5 Å². The van der Waals surface area contributed by atoms with Gasteiger partial charge in [-0.05, 0) is 66.0 Å². The number of aliphatic hydroxyl groups excluding tert-OH is 1. The molecule has 1 fully saturated rings. The van der Waals surface area contributed by atoms with Crippen molar-refractivity contribution in [2.45, 2.75) is 70.0 Å². The molecule has 1 saturated heterocycles. The number of carbonyl (C=O) groups excluding carboxylic acids is 1. The van der Waals surface area contributed by atoms with Crippen molar-refractivity contribution < 1.29 is 19.4 Å². The van der Waals surface area contributed by atoms with Gasteiger partial charge in [0, 0.05) is 32.0 Å². The minimum absolute atomic E-state index is 0.00331. The lowest BCUT2D eigenvalue weighted by Crippen LogP contribution is -2.38. The maximum Gasteiger partial charge on any atom is 0.288 e. The van der Waals surface area contributed by atoms with Crippen molar-refractivity contribution in [2.24, 2.45) is 0 Å². The second kappa shape index (κ2) is 11.4. The predicted molar refractivity (Wildman–Crippen MR) is 137 cm³/mol. The third kappa shape index (κ3) is 5.46. The highest BCUT2D eigenvalue weighted by Crippen LogP contribution is 2.43. The Morgan fingerprint density at radius 3 is 2.57 bits per heavy atom. The van der Waals surface area contributed by atoms with Crippen molar-refractivity contribution in [3.63, 3.8) is 0 Å². The lowest BCUT2D eigenvalue weighted by Gasteiger charge is -2.33. The number of likely N-dealkylation sites (tertiary alicyclic amines) is 1. The first-order valence-corrected chi connectivity index (χ1v) is 13.3. The maximum absolute atomic E-state index is 13.6. The summed E-state index contributed by atoms with van der Waals surface area (Å²) in [5.74, 6) is 0.489. The first kappa shape index (κ1) is 24.1. The molecule has 2 heterocycles. The normalized spacial score (nSPS) is 21.9. The number of aliphatic hydroxyl groups is 1. The zero-order chi connectivity index (χ0) is 24.0. The van der Waals surface area contributed by atoms with Crippen LogP contribution >= 0.6 is 0 Å². The molecule has 186 valence electrons. The highest BCUT2D eigenvalue weighted by Gasteiger charge is 2.33. The summed E-state index contributed by atoms with van der Waals surface area (Å²) < 4.78 is 12.3. The van der Waals surface area contributed by atoms with Crippen molar-refractivity contribution in [3.8, 4) is 11.1 Å². The van der Waals surface area contributed by atoms with E-state index in [-0.39, 0.29) is 18.4 Å². The summed E-state index contributed by atoms with van der Waals surface area (Å²) in [6.07, 6.45) is 10.4. The van der Waals surface area contributed by atoms with E-state index in [9.17, 15) is 4.79 Å². The van der Waals surface area contributed by atoms with Gasteiger partial charge in [-0.25, -0.2) is 0 Å². The van der Waals surface area contributed by atoms with E-state index < -0.39 is 6.29 Å². The quantitative estimate of drug-likeness (QED) is 0.455. The van der Waals surface area contributed by atoms with E-state index in [4.69, 9.17) is 14.6 Å². The maximum atomic E-state index is 13.6. The third-order valence-electron chi connectivity index (χ3n) is 7.55. The number of amides is 1. The fourth-order valence-electron chi connectivity index (χ4n) is 5.69. The minimum atomic E-state index is -0.461. The van der Waals surface area contributed by atoms with Crippen LogP contribution in [0.4, 0.5) is 0 Å². The topological polar surface area (TPSA) is 59.0 Å². The Labute approximate surface area is 208 Å². The molecule has 1 aliphatic carbocycles. The Morgan fingerprint density at radius 2 is 1.74 bits per heavy atom. The van der Waals surface area contributed by atoms with Gasteiger partial charge in [-0.15, -0.1) is 0 Å². The largest absolute Gasteiger partial charge is 0.459 e. The number of fused-ring (bicyclic) bond motifs is 3. The highest BCUT2D eigenvalue weighted by atomic mass is 16.7. The van der Waals surface area contributed by atoms with Gasteiger partial charge in [-0.1, -0.05) is 61.7 Å². The Hall–Kier alpha value is -2.63. The van der Waals surface area contributed by atoms with Crippen LogP contribution in [0.2, 0.25) is 0 Å². The summed E-state index contributed by atoms with van der Waals surface area (Å²) in [5.41, 5.74) is 6.60. The fourth-order valence-corrected chi connectivity index (χ4v) is 5.69. The monoisotopic (exact) mass is 475 g/mol. The predicted octanol–water partition coefficient (Wildman–Crippen LogP) is 5.55. The minimum Gasteiger partial charge on any atom is -0.459 e. The summed E-state index contributed by atoms with van der Waals surface area (Å²) >= 11 is 0. The molecule has 0 bridgehead atoms. The molecule has 2 aromatic rings. The molecular weight excluding hydrogens is 438 g/mol. The van der Waals surface area contributed by atoms with Crippen molar-refractivity contribution in [1.82, 2.24) is 4.90 Å². The van der Waals surface area contributed by atoms with Gasteiger partial charge in [-0.2, -0.15) is 0 Å². The molecule has 5 nitrogen and oxygen atoms in total. The van der Waals surface area contributed by atoms with Crippen LogP contribution < -0.4 is 0 Å². The molecule has 35 heavy (non-hydrogen) atoms. The van der Waals surface area contributed by atoms with Crippen molar-refractivity contribution in [2.75, 3.05) is 26.3 Å². The molecule has 0 spiro atoms. The van der Waals surface area contributed by atoms with E-state index in [2.05, 4.69) is 42.5 Å². The highest BCUT2D eigenvalue weighted by molar-refractivity contribution is 5.92. The SMILES string of the molecule is O=C(C1=C[C@@H](c2cccc3c2Cc2ccccc2-3)C[C@@H](OCCCCO)O1)N1CCCCCCC1. The van der Waals surface area contributed by atoms with Crippen molar-refractivity contribution in [3.05, 3.63) is 71.0 Å². The van der Waals surface area contributed by atoms with Crippen LogP contribution in [0.5, 0.6) is 0 Å². The Balaban J connectivity index is 1.42. The number of hydrogen-bond acceptors (Lipinski definition) is 4. The van der Waals surface area contributed by atoms with Crippen LogP contribution in [-0.2, 0) is 20.7 Å². The fraction of sp³-hybridized carbons (Fsp3) is 0.500. The number of benzene rings is 2. The number of carbonyl (C=O) groups is 1. The second-order valence-electron chi connectivity index (χ2n) is 9.99. The van der Waals surface area contributed by atoms with Gasteiger partial charge in [0.15, 0.2) is 5.76 Å². The Morgan fingerprint density at radius 1 is 0.971 bits per heavy atom. The second-order valence-corrected chi connectivity index (χ2v) is 9.99. The van der Waals surface area contributed by atoms with Crippen LogP contribution in [0, 0.1) is 0 Å². The number of nitrogens with zero attached hydrogens (tertiary/aromatic N) is 1. The molecule has 0 aromatic heterocycles. The molecule has 2 atom stereocenters. The first-order valence-electron chi connectivity index (χ1n) is 13.3.